The SMILES string of the molecule is CN(C)c1ccc([S+](c2ccc(N(C)C)cc2)C2CCOC2=O)cc1. The largest absolute Gasteiger partial charge is 0.462 e. The molecule has 0 amide bonds. The Morgan fingerprint density at radius 3 is 1.60 bits per heavy atom. The third kappa shape index (κ3) is 3.76. The van der Waals surface area contributed by atoms with Gasteiger partial charge in [-0.2, -0.15) is 0 Å². The Balaban J connectivity index is 1.99. The fourth-order valence-electron chi connectivity index (χ4n) is 2.94. The van der Waals surface area contributed by atoms with Crippen LogP contribution in [0.15, 0.2) is 58.3 Å². The summed E-state index contributed by atoms with van der Waals surface area (Å²) >= 11 is 0. The van der Waals surface area contributed by atoms with Gasteiger partial charge >= 0.3 is 5.97 Å². The average Bonchev–Trinajstić information content (AvgIpc) is 3.02. The minimum atomic E-state index is -0.311. The molecule has 1 atom stereocenters. The summed E-state index contributed by atoms with van der Waals surface area (Å²) in [5.74, 6) is -0.0725. The van der Waals surface area contributed by atoms with E-state index in [1.165, 1.54) is 9.79 Å². The predicted molar refractivity (Wildman–Crippen MR) is 105 cm³/mol. The van der Waals surface area contributed by atoms with Crippen LogP contribution < -0.4 is 9.80 Å². The van der Waals surface area contributed by atoms with Crippen molar-refractivity contribution in [1.29, 1.82) is 0 Å². The van der Waals surface area contributed by atoms with Crippen LogP contribution in [0.25, 0.3) is 0 Å². The van der Waals surface area contributed by atoms with E-state index in [0.29, 0.717) is 6.61 Å². The standard InChI is InChI=1S/C20H25N2O2S/c1-21(2)15-5-9-17(10-6-15)25(19-13-14-24-20(19)23)18-11-7-16(8-12-18)22(3)4/h5-12,19H,13-14H2,1-4H3/q+1. The molecule has 0 N–H and O–H groups in total. The lowest BCUT2D eigenvalue weighted by atomic mass is 10.3. The van der Waals surface area contributed by atoms with Crippen LogP contribution in [-0.2, 0) is 20.4 Å². The van der Waals surface area contributed by atoms with Crippen molar-refractivity contribution < 1.29 is 9.53 Å². The first-order valence-electron chi connectivity index (χ1n) is 8.42. The first kappa shape index (κ1) is 17.7. The molecule has 0 aromatic heterocycles. The maximum atomic E-state index is 12.3. The van der Waals surface area contributed by atoms with Gasteiger partial charge in [0.05, 0.1) is 17.5 Å². The fourth-order valence-corrected chi connectivity index (χ4v) is 5.32. The van der Waals surface area contributed by atoms with Gasteiger partial charge in [-0.3, -0.25) is 0 Å². The molecule has 3 rings (SSSR count). The molecule has 1 fully saturated rings. The first-order valence-corrected chi connectivity index (χ1v) is 9.70. The molecule has 0 saturated carbocycles. The number of ether oxygens (including phenoxy) is 1. The second kappa shape index (κ2) is 7.40. The lowest BCUT2D eigenvalue weighted by Gasteiger charge is -2.16. The van der Waals surface area contributed by atoms with Gasteiger partial charge < -0.3 is 14.5 Å². The van der Waals surface area contributed by atoms with E-state index in [4.69, 9.17) is 4.74 Å². The van der Waals surface area contributed by atoms with Crippen LogP contribution in [0.5, 0.6) is 0 Å². The molecule has 1 saturated heterocycles. The molecule has 4 nitrogen and oxygen atoms in total. The van der Waals surface area contributed by atoms with Gasteiger partial charge in [-0.1, -0.05) is 0 Å². The minimum Gasteiger partial charge on any atom is -0.462 e. The van der Waals surface area contributed by atoms with Crippen LogP contribution in [0.1, 0.15) is 6.42 Å². The summed E-state index contributed by atoms with van der Waals surface area (Å²) in [7, 11) is 7.81. The van der Waals surface area contributed by atoms with Gasteiger partial charge in [0, 0.05) is 46.0 Å². The van der Waals surface area contributed by atoms with Gasteiger partial charge in [0.2, 0.25) is 5.25 Å². The van der Waals surface area contributed by atoms with Crippen LogP contribution in [0.3, 0.4) is 0 Å². The zero-order chi connectivity index (χ0) is 18.0. The number of carbonyl (C=O) groups excluding carboxylic acids is 1. The average molecular weight is 357 g/mol. The number of benzene rings is 2. The molecule has 0 spiro atoms. The van der Waals surface area contributed by atoms with E-state index in [-0.39, 0.29) is 22.1 Å². The quantitative estimate of drug-likeness (QED) is 0.608. The number of nitrogens with zero attached hydrogens (tertiary/aromatic N) is 2. The zero-order valence-electron chi connectivity index (χ0n) is 15.2. The molecule has 1 unspecified atom stereocenters. The summed E-state index contributed by atoms with van der Waals surface area (Å²) in [6, 6.07) is 17.0. The highest BCUT2D eigenvalue weighted by molar-refractivity contribution is 7.98. The van der Waals surface area contributed by atoms with Crippen LogP contribution in [0.4, 0.5) is 11.4 Å². The predicted octanol–water partition coefficient (Wildman–Crippen LogP) is 3.17. The van der Waals surface area contributed by atoms with Crippen molar-refractivity contribution in [3.8, 4) is 0 Å². The molecule has 2 aromatic rings. The highest BCUT2D eigenvalue weighted by Gasteiger charge is 2.45. The molecule has 2 aromatic carbocycles. The van der Waals surface area contributed by atoms with E-state index < -0.39 is 0 Å². The van der Waals surface area contributed by atoms with Crippen molar-refractivity contribution in [2.75, 3.05) is 44.6 Å². The molecule has 0 aliphatic carbocycles. The molecular weight excluding hydrogens is 332 g/mol. The Kier molecular flexibility index (Phi) is 5.23. The molecular formula is C20H25N2O2S+. The summed E-state index contributed by atoms with van der Waals surface area (Å²) in [6.07, 6.45) is 0.785. The lowest BCUT2D eigenvalue weighted by molar-refractivity contribution is -0.137. The van der Waals surface area contributed by atoms with Crippen LogP contribution in [0.2, 0.25) is 0 Å². The van der Waals surface area contributed by atoms with Crippen molar-refractivity contribution in [3.05, 3.63) is 48.5 Å². The third-order valence-corrected chi connectivity index (χ3v) is 6.94. The van der Waals surface area contributed by atoms with Gasteiger partial charge in [-0.25, -0.2) is 4.79 Å². The van der Waals surface area contributed by atoms with Crippen molar-refractivity contribution in [2.24, 2.45) is 0 Å². The molecule has 0 bridgehead atoms. The number of rotatable bonds is 5. The number of hydrogen-bond donors (Lipinski definition) is 0. The highest BCUT2D eigenvalue weighted by atomic mass is 32.2. The lowest BCUT2D eigenvalue weighted by Crippen LogP contribution is -2.27. The normalized spacial score (nSPS) is 16.8. The summed E-state index contributed by atoms with van der Waals surface area (Å²) in [4.78, 5) is 18.8. The number of carbonyl (C=O) groups is 1. The van der Waals surface area contributed by atoms with E-state index in [9.17, 15) is 4.79 Å². The Morgan fingerprint density at radius 2 is 1.28 bits per heavy atom. The van der Waals surface area contributed by atoms with E-state index in [1.54, 1.807) is 0 Å². The van der Waals surface area contributed by atoms with Crippen molar-refractivity contribution in [1.82, 2.24) is 0 Å². The molecule has 132 valence electrons. The van der Waals surface area contributed by atoms with E-state index in [2.05, 4.69) is 58.3 Å². The molecule has 25 heavy (non-hydrogen) atoms. The zero-order valence-corrected chi connectivity index (χ0v) is 16.0. The molecule has 0 radical (unpaired) electrons. The van der Waals surface area contributed by atoms with Gasteiger partial charge in [0.25, 0.3) is 0 Å². The Labute approximate surface area is 152 Å². The maximum absolute atomic E-state index is 12.3. The summed E-state index contributed by atoms with van der Waals surface area (Å²) in [6.45, 7) is 0.526. The third-order valence-electron chi connectivity index (χ3n) is 4.39. The molecule has 1 aliphatic heterocycles. The van der Waals surface area contributed by atoms with Gasteiger partial charge in [-0.05, 0) is 48.5 Å². The van der Waals surface area contributed by atoms with E-state index in [1.807, 2.05) is 28.2 Å². The smallest absolute Gasteiger partial charge is 0.360 e. The van der Waals surface area contributed by atoms with E-state index >= 15 is 0 Å². The highest BCUT2D eigenvalue weighted by Crippen LogP contribution is 2.34. The second-order valence-electron chi connectivity index (χ2n) is 6.56. The van der Waals surface area contributed by atoms with Gasteiger partial charge in [0.1, 0.15) is 0 Å². The van der Waals surface area contributed by atoms with Crippen LogP contribution in [0, 0.1) is 0 Å². The van der Waals surface area contributed by atoms with Crippen molar-refractivity contribution in [3.63, 3.8) is 0 Å². The molecule has 5 heteroatoms. The monoisotopic (exact) mass is 357 g/mol. The Morgan fingerprint density at radius 1 is 0.840 bits per heavy atom. The number of anilines is 2. The van der Waals surface area contributed by atoms with Gasteiger partial charge in [0.15, 0.2) is 9.79 Å². The number of cyclic esters (lactones) is 1. The van der Waals surface area contributed by atoms with Crippen molar-refractivity contribution in [2.45, 2.75) is 21.5 Å². The van der Waals surface area contributed by atoms with Crippen molar-refractivity contribution >= 4 is 28.2 Å². The van der Waals surface area contributed by atoms with Gasteiger partial charge in [-0.15, -0.1) is 0 Å². The molecule has 1 heterocycles. The first-order chi connectivity index (χ1) is 12.0. The van der Waals surface area contributed by atoms with Crippen LogP contribution >= 0.6 is 0 Å². The Bertz CT molecular complexity index is 675. The Hall–Kier alpha value is -2.14. The molecule has 1 aliphatic rings. The summed E-state index contributed by atoms with van der Waals surface area (Å²) in [5.41, 5.74) is 2.31. The number of hydrogen-bond acceptors (Lipinski definition) is 4. The summed E-state index contributed by atoms with van der Waals surface area (Å²) < 4.78 is 5.26. The summed E-state index contributed by atoms with van der Waals surface area (Å²) in [5, 5.41) is -0.0876. The topological polar surface area (TPSA) is 32.8 Å². The fraction of sp³-hybridized carbons (Fsp3) is 0.350. The van der Waals surface area contributed by atoms with E-state index in [0.717, 1.165) is 17.8 Å². The second-order valence-corrected chi connectivity index (χ2v) is 8.75. The number of esters is 1. The minimum absolute atomic E-state index is 0.0725. The van der Waals surface area contributed by atoms with Crippen LogP contribution in [-0.4, -0.2) is 46.0 Å². The maximum Gasteiger partial charge on any atom is 0.360 e.